The molecule has 0 unspecified atom stereocenters. The van der Waals surface area contributed by atoms with Gasteiger partial charge in [-0.1, -0.05) is 0 Å². The SMILES string of the molecule is O=C(O)C1CN(C(=O)/C=C/c2ccco2)C1. The Balaban J connectivity index is 1.84. The van der Waals surface area contributed by atoms with E-state index in [4.69, 9.17) is 9.52 Å². The van der Waals surface area contributed by atoms with E-state index < -0.39 is 11.9 Å². The van der Waals surface area contributed by atoms with Crippen molar-refractivity contribution in [2.45, 2.75) is 0 Å². The van der Waals surface area contributed by atoms with E-state index in [1.165, 1.54) is 17.2 Å². The van der Waals surface area contributed by atoms with Crippen LogP contribution in [-0.4, -0.2) is 35.0 Å². The third-order valence-electron chi connectivity index (χ3n) is 2.48. The van der Waals surface area contributed by atoms with E-state index in [-0.39, 0.29) is 19.0 Å². The second-order valence-corrected chi connectivity index (χ2v) is 3.63. The number of hydrogen-bond donors (Lipinski definition) is 1. The lowest BCUT2D eigenvalue weighted by atomic mass is 10.0. The predicted molar refractivity (Wildman–Crippen MR) is 55.4 cm³/mol. The van der Waals surface area contributed by atoms with Crippen LogP contribution >= 0.6 is 0 Å². The highest BCUT2D eigenvalue weighted by atomic mass is 16.4. The van der Waals surface area contributed by atoms with Crippen LogP contribution in [0, 0.1) is 5.92 Å². The molecule has 1 amide bonds. The molecular weight excluding hydrogens is 210 g/mol. The number of hydrogen-bond acceptors (Lipinski definition) is 3. The summed E-state index contributed by atoms with van der Waals surface area (Å²) in [6.45, 7) is 0.577. The molecule has 0 aromatic carbocycles. The van der Waals surface area contributed by atoms with Gasteiger partial charge >= 0.3 is 5.97 Å². The van der Waals surface area contributed by atoms with Gasteiger partial charge in [-0.25, -0.2) is 0 Å². The highest BCUT2D eigenvalue weighted by molar-refractivity contribution is 5.93. The maximum Gasteiger partial charge on any atom is 0.310 e. The van der Waals surface area contributed by atoms with Crippen LogP contribution in [0.4, 0.5) is 0 Å². The van der Waals surface area contributed by atoms with E-state index in [0.717, 1.165) is 0 Å². The Morgan fingerprint density at radius 2 is 2.25 bits per heavy atom. The van der Waals surface area contributed by atoms with Gasteiger partial charge in [-0.3, -0.25) is 9.59 Å². The molecule has 1 N–H and O–H groups in total. The van der Waals surface area contributed by atoms with Crippen molar-refractivity contribution in [2.24, 2.45) is 5.92 Å². The molecular formula is C11H11NO4. The van der Waals surface area contributed by atoms with Gasteiger partial charge in [-0.05, 0) is 18.2 Å². The Hall–Kier alpha value is -2.04. The lowest BCUT2D eigenvalue weighted by Crippen LogP contribution is -2.52. The highest BCUT2D eigenvalue weighted by Gasteiger charge is 2.34. The molecule has 1 saturated heterocycles. The number of carboxylic acids is 1. The molecule has 1 aliphatic rings. The molecule has 5 heteroatoms. The quantitative estimate of drug-likeness (QED) is 0.767. The summed E-state index contributed by atoms with van der Waals surface area (Å²) in [6, 6.07) is 3.47. The fourth-order valence-corrected chi connectivity index (χ4v) is 1.46. The van der Waals surface area contributed by atoms with E-state index in [1.54, 1.807) is 18.2 Å². The number of aliphatic carboxylic acids is 1. The second kappa shape index (κ2) is 4.22. The van der Waals surface area contributed by atoms with E-state index in [0.29, 0.717) is 5.76 Å². The maximum atomic E-state index is 11.5. The van der Waals surface area contributed by atoms with E-state index >= 15 is 0 Å². The van der Waals surface area contributed by atoms with Crippen LogP contribution in [0.3, 0.4) is 0 Å². The first-order valence-electron chi connectivity index (χ1n) is 4.90. The van der Waals surface area contributed by atoms with Crippen molar-refractivity contribution in [2.75, 3.05) is 13.1 Å². The molecule has 1 aliphatic heterocycles. The van der Waals surface area contributed by atoms with Gasteiger partial charge in [0.25, 0.3) is 0 Å². The molecule has 16 heavy (non-hydrogen) atoms. The van der Waals surface area contributed by atoms with Crippen LogP contribution in [-0.2, 0) is 9.59 Å². The van der Waals surface area contributed by atoms with E-state index in [2.05, 4.69) is 0 Å². The Morgan fingerprint density at radius 3 is 2.81 bits per heavy atom. The topological polar surface area (TPSA) is 70.8 Å². The number of carbonyl (C=O) groups excluding carboxylic acids is 1. The van der Waals surface area contributed by atoms with Crippen LogP contribution in [0.2, 0.25) is 0 Å². The Labute approximate surface area is 92.0 Å². The van der Waals surface area contributed by atoms with E-state index in [9.17, 15) is 9.59 Å². The summed E-state index contributed by atoms with van der Waals surface area (Å²) in [4.78, 5) is 23.5. The predicted octanol–water partition coefficient (Wildman–Crippen LogP) is 0.836. The summed E-state index contributed by atoms with van der Waals surface area (Å²) in [5, 5.41) is 8.64. The highest BCUT2D eigenvalue weighted by Crippen LogP contribution is 2.16. The van der Waals surface area contributed by atoms with Gasteiger partial charge in [0, 0.05) is 19.2 Å². The molecule has 1 aromatic heterocycles. The third-order valence-corrected chi connectivity index (χ3v) is 2.48. The first kappa shape index (κ1) is 10.5. The lowest BCUT2D eigenvalue weighted by molar-refractivity contribution is -0.151. The molecule has 1 aromatic rings. The summed E-state index contributed by atoms with van der Waals surface area (Å²) < 4.78 is 5.02. The van der Waals surface area contributed by atoms with E-state index in [1.807, 2.05) is 0 Å². The summed E-state index contributed by atoms with van der Waals surface area (Å²) in [7, 11) is 0. The van der Waals surface area contributed by atoms with Crippen molar-refractivity contribution in [3.63, 3.8) is 0 Å². The van der Waals surface area contributed by atoms with Crippen molar-refractivity contribution in [1.29, 1.82) is 0 Å². The Morgan fingerprint density at radius 1 is 1.50 bits per heavy atom. The zero-order chi connectivity index (χ0) is 11.5. The molecule has 2 rings (SSSR count). The zero-order valence-corrected chi connectivity index (χ0v) is 8.50. The number of furan rings is 1. The van der Waals surface area contributed by atoms with Gasteiger partial charge in [0.05, 0.1) is 12.2 Å². The van der Waals surface area contributed by atoms with Gasteiger partial charge in [0.15, 0.2) is 0 Å². The first-order chi connectivity index (χ1) is 7.66. The smallest absolute Gasteiger partial charge is 0.310 e. The monoisotopic (exact) mass is 221 g/mol. The number of carboxylic acid groups (broad SMARTS) is 1. The lowest BCUT2D eigenvalue weighted by Gasteiger charge is -2.35. The minimum absolute atomic E-state index is 0.186. The summed E-state index contributed by atoms with van der Waals surface area (Å²) >= 11 is 0. The first-order valence-corrected chi connectivity index (χ1v) is 4.90. The van der Waals surface area contributed by atoms with Crippen LogP contribution < -0.4 is 0 Å². The maximum absolute atomic E-state index is 11.5. The van der Waals surface area contributed by atoms with Gasteiger partial charge in [-0.2, -0.15) is 0 Å². The van der Waals surface area contributed by atoms with Crippen LogP contribution in [0.1, 0.15) is 5.76 Å². The molecule has 0 aliphatic carbocycles. The number of rotatable bonds is 3. The molecule has 84 valence electrons. The number of carbonyl (C=O) groups is 2. The second-order valence-electron chi connectivity index (χ2n) is 3.63. The van der Waals surface area contributed by atoms with Crippen molar-refractivity contribution < 1.29 is 19.1 Å². The third kappa shape index (κ3) is 2.13. The average Bonchev–Trinajstić information content (AvgIpc) is 2.63. The molecule has 0 saturated carbocycles. The van der Waals surface area contributed by atoms with Crippen LogP contribution in [0.5, 0.6) is 0 Å². The normalized spacial score (nSPS) is 16.4. The minimum atomic E-state index is -0.848. The van der Waals surface area contributed by atoms with Crippen molar-refractivity contribution in [1.82, 2.24) is 4.90 Å². The van der Waals surface area contributed by atoms with Gasteiger partial charge in [-0.15, -0.1) is 0 Å². The largest absolute Gasteiger partial charge is 0.481 e. The van der Waals surface area contributed by atoms with Gasteiger partial charge < -0.3 is 14.4 Å². The number of amides is 1. The molecule has 0 spiro atoms. The number of nitrogens with zero attached hydrogens (tertiary/aromatic N) is 1. The number of likely N-dealkylation sites (tertiary alicyclic amines) is 1. The molecule has 0 atom stereocenters. The van der Waals surface area contributed by atoms with Crippen LogP contribution in [0.15, 0.2) is 28.9 Å². The summed E-state index contributed by atoms with van der Waals surface area (Å²) in [6.07, 6.45) is 4.47. The van der Waals surface area contributed by atoms with Crippen LogP contribution in [0.25, 0.3) is 6.08 Å². The molecule has 0 bridgehead atoms. The van der Waals surface area contributed by atoms with Crippen molar-refractivity contribution in [3.8, 4) is 0 Å². The Kier molecular flexibility index (Phi) is 2.76. The molecule has 5 nitrogen and oxygen atoms in total. The fraction of sp³-hybridized carbons (Fsp3) is 0.273. The van der Waals surface area contributed by atoms with Gasteiger partial charge in [0.1, 0.15) is 5.76 Å². The summed E-state index contributed by atoms with van der Waals surface area (Å²) in [5.41, 5.74) is 0. The summed E-state index contributed by atoms with van der Waals surface area (Å²) in [5.74, 6) is -0.849. The van der Waals surface area contributed by atoms with Gasteiger partial charge in [0.2, 0.25) is 5.91 Å². The standard InChI is InChI=1S/C11H11NO4/c13-10(4-3-9-2-1-5-16-9)12-6-8(7-12)11(14)15/h1-5,8H,6-7H2,(H,14,15)/b4-3+. The molecule has 1 fully saturated rings. The Bertz CT molecular complexity index is 415. The molecule has 0 radical (unpaired) electrons. The minimum Gasteiger partial charge on any atom is -0.481 e. The molecule has 2 heterocycles. The fourth-order valence-electron chi connectivity index (χ4n) is 1.46. The average molecular weight is 221 g/mol. The van der Waals surface area contributed by atoms with Crippen molar-refractivity contribution in [3.05, 3.63) is 30.2 Å². The van der Waals surface area contributed by atoms with Crippen molar-refractivity contribution >= 4 is 18.0 Å². The zero-order valence-electron chi connectivity index (χ0n) is 8.50.